The van der Waals surface area contributed by atoms with Gasteiger partial charge in [0.05, 0.1) is 6.10 Å². The van der Waals surface area contributed by atoms with Gasteiger partial charge >= 0.3 is 0 Å². The Labute approximate surface area is 127 Å². The molecule has 2 nitrogen and oxygen atoms in total. The molecule has 0 aromatic rings. The molecule has 0 radical (unpaired) electrons. The fourth-order valence-electron chi connectivity index (χ4n) is 6.43. The third kappa shape index (κ3) is 1.75. The lowest BCUT2D eigenvalue weighted by molar-refractivity contribution is -0.0857. The summed E-state index contributed by atoms with van der Waals surface area (Å²) in [6, 6.07) is 0. The second kappa shape index (κ2) is 4.38. The Kier molecular flexibility index (Phi) is 2.89. The van der Waals surface area contributed by atoms with Gasteiger partial charge in [-0.05, 0) is 85.2 Å². The minimum atomic E-state index is -0.0835. The number of aliphatic hydroxyl groups excluding tert-OH is 2. The van der Waals surface area contributed by atoms with Crippen LogP contribution in [0.25, 0.3) is 0 Å². The van der Waals surface area contributed by atoms with Gasteiger partial charge in [-0.1, -0.05) is 19.9 Å². The average Bonchev–Trinajstić information content (AvgIpc) is 2.76. The highest BCUT2D eigenvalue weighted by atomic mass is 16.3. The topological polar surface area (TPSA) is 40.5 Å². The Balaban J connectivity index is 1.68. The Morgan fingerprint density at radius 1 is 1.05 bits per heavy atom. The highest BCUT2D eigenvalue weighted by Crippen LogP contribution is 2.64. The number of hydrogen-bond acceptors (Lipinski definition) is 2. The molecular weight excluding hydrogens is 260 g/mol. The van der Waals surface area contributed by atoms with Crippen LogP contribution in [0.4, 0.5) is 0 Å². The van der Waals surface area contributed by atoms with E-state index in [1.165, 1.54) is 32.1 Å². The van der Waals surface area contributed by atoms with Crippen LogP contribution in [0.5, 0.6) is 0 Å². The molecule has 4 aliphatic rings. The second-order valence-corrected chi connectivity index (χ2v) is 8.49. The zero-order valence-corrected chi connectivity index (χ0v) is 13.3. The smallest absolute Gasteiger partial charge is 0.111 e. The van der Waals surface area contributed by atoms with Gasteiger partial charge in [0.1, 0.15) is 5.76 Å². The number of allylic oxidation sites excluding steroid dienone is 3. The van der Waals surface area contributed by atoms with Crippen LogP contribution in [0.1, 0.15) is 52.4 Å². The fourth-order valence-corrected chi connectivity index (χ4v) is 6.43. The molecule has 4 aliphatic carbocycles. The molecule has 3 fully saturated rings. The van der Waals surface area contributed by atoms with Crippen molar-refractivity contribution >= 4 is 0 Å². The minimum Gasteiger partial charge on any atom is -0.508 e. The van der Waals surface area contributed by atoms with Gasteiger partial charge in [0.15, 0.2) is 0 Å². The molecule has 0 spiro atoms. The van der Waals surface area contributed by atoms with Crippen molar-refractivity contribution in [2.45, 2.75) is 58.5 Å². The van der Waals surface area contributed by atoms with E-state index in [9.17, 15) is 10.2 Å². The Morgan fingerprint density at radius 3 is 2.67 bits per heavy atom. The van der Waals surface area contributed by atoms with Crippen LogP contribution in [0.15, 0.2) is 24.0 Å². The van der Waals surface area contributed by atoms with Crippen LogP contribution < -0.4 is 0 Å². The summed E-state index contributed by atoms with van der Waals surface area (Å²) in [4.78, 5) is 0. The Morgan fingerprint density at radius 2 is 1.86 bits per heavy atom. The highest BCUT2D eigenvalue weighted by molar-refractivity contribution is 5.27. The summed E-state index contributed by atoms with van der Waals surface area (Å²) in [5.74, 6) is 3.14. The highest BCUT2D eigenvalue weighted by Gasteiger charge is 2.58. The van der Waals surface area contributed by atoms with Crippen molar-refractivity contribution in [2.24, 2.45) is 34.5 Å². The fraction of sp³-hybridized carbons (Fsp3) is 0.789. The van der Waals surface area contributed by atoms with Crippen LogP contribution >= 0.6 is 0 Å². The van der Waals surface area contributed by atoms with Gasteiger partial charge in [0.2, 0.25) is 0 Å². The van der Waals surface area contributed by atoms with E-state index in [2.05, 4.69) is 26.0 Å². The molecule has 2 heteroatoms. The largest absolute Gasteiger partial charge is 0.508 e. The van der Waals surface area contributed by atoms with Gasteiger partial charge in [-0.25, -0.2) is 0 Å². The standard InChI is InChI=1S/C19H28O2/c1-18-9-7-13(20)11-12(18)3-4-14-15-5-6-17(21)19(15,2)10-8-16(14)18/h7,9,11-12,14-17,20-21H,3-6,8,10H2,1-2H3/t12?,14-,15-,16-,17-,18-,19-/m0/s1. The first-order chi connectivity index (χ1) is 9.95. The Hall–Kier alpha value is -0.760. The third-order valence-electron chi connectivity index (χ3n) is 7.78. The van der Waals surface area contributed by atoms with Gasteiger partial charge in [-0.2, -0.15) is 0 Å². The minimum absolute atomic E-state index is 0.0835. The van der Waals surface area contributed by atoms with Crippen LogP contribution in [0.3, 0.4) is 0 Å². The SMILES string of the molecule is C[C@]12CC[C@H]3[C@@H](CCC4C=C(O)C=C[C@@]43C)[C@@H]1CC[C@@H]2O. The number of aliphatic hydroxyl groups is 2. The van der Waals surface area contributed by atoms with Gasteiger partial charge in [-0.15, -0.1) is 0 Å². The lowest BCUT2D eigenvalue weighted by atomic mass is 9.47. The Bertz CT molecular complexity index is 508. The predicted octanol–water partition coefficient (Wildman–Crippen LogP) is 4.22. The van der Waals surface area contributed by atoms with Crippen molar-refractivity contribution in [1.29, 1.82) is 0 Å². The number of hydrogen-bond donors (Lipinski definition) is 2. The maximum Gasteiger partial charge on any atom is 0.111 e. The van der Waals surface area contributed by atoms with Gasteiger partial charge in [0, 0.05) is 0 Å². The van der Waals surface area contributed by atoms with Crippen molar-refractivity contribution in [1.82, 2.24) is 0 Å². The molecule has 1 unspecified atom stereocenters. The molecule has 4 rings (SSSR count). The monoisotopic (exact) mass is 288 g/mol. The molecule has 21 heavy (non-hydrogen) atoms. The first-order valence-electron chi connectivity index (χ1n) is 8.73. The molecule has 0 saturated heterocycles. The summed E-state index contributed by atoms with van der Waals surface area (Å²) in [5.41, 5.74) is 0.380. The molecule has 0 aliphatic heterocycles. The second-order valence-electron chi connectivity index (χ2n) is 8.49. The van der Waals surface area contributed by atoms with E-state index in [0.717, 1.165) is 18.3 Å². The van der Waals surface area contributed by atoms with Gasteiger partial charge in [-0.3, -0.25) is 0 Å². The molecule has 3 saturated carbocycles. The van der Waals surface area contributed by atoms with Crippen molar-refractivity contribution in [3.8, 4) is 0 Å². The first kappa shape index (κ1) is 13.9. The van der Waals surface area contributed by atoms with E-state index in [1.54, 1.807) is 0 Å². The molecule has 0 amide bonds. The molecule has 0 aromatic carbocycles. The van der Waals surface area contributed by atoms with E-state index in [0.29, 0.717) is 17.6 Å². The zero-order chi connectivity index (χ0) is 14.8. The van der Waals surface area contributed by atoms with Gasteiger partial charge in [0.25, 0.3) is 0 Å². The van der Waals surface area contributed by atoms with Crippen LogP contribution in [-0.2, 0) is 0 Å². The normalized spacial score (nSPS) is 55.4. The van der Waals surface area contributed by atoms with E-state index in [1.807, 2.05) is 6.08 Å². The first-order valence-corrected chi connectivity index (χ1v) is 8.73. The van der Waals surface area contributed by atoms with E-state index in [-0.39, 0.29) is 16.9 Å². The van der Waals surface area contributed by atoms with Gasteiger partial charge < -0.3 is 10.2 Å². The molecule has 2 N–H and O–H groups in total. The number of fused-ring (bicyclic) bond motifs is 5. The van der Waals surface area contributed by atoms with Crippen LogP contribution in [-0.4, -0.2) is 16.3 Å². The zero-order valence-electron chi connectivity index (χ0n) is 13.3. The molecular formula is C19H28O2. The van der Waals surface area contributed by atoms with Crippen molar-refractivity contribution in [2.75, 3.05) is 0 Å². The average molecular weight is 288 g/mol. The molecule has 7 atom stereocenters. The maximum absolute atomic E-state index is 10.4. The molecule has 0 aromatic heterocycles. The maximum atomic E-state index is 10.4. The van der Waals surface area contributed by atoms with Crippen LogP contribution in [0.2, 0.25) is 0 Å². The third-order valence-corrected chi connectivity index (χ3v) is 7.78. The summed E-state index contributed by atoms with van der Waals surface area (Å²) < 4.78 is 0. The van der Waals surface area contributed by atoms with Crippen molar-refractivity contribution in [3.63, 3.8) is 0 Å². The summed E-state index contributed by atoms with van der Waals surface area (Å²) in [5, 5.41) is 20.3. The number of rotatable bonds is 0. The van der Waals surface area contributed by atoms with E-state index < -0.39 is 0 Å². The summed E-state index contributed by atoms with van der Waals surface area (Å²) >= 11 is 0. The quantitative estimate of drug-likeness (QED) is 0.700. The molecule has 116 valence electrons. The lowest BCUT2D eigenvalue weighted by Gasteiger charge is -2.58. The van der Waals surface area contributed by atoms with Crippen molar-refractivity contribution in [3.05, 3.63) is 24.0 Å². The predicted molar refractivity (Wildman–Crippen MR) is 83.7 cm³/mol. The van der Waals surface area contributed by atoms with E-state index in [4.69, 9.17) is 0 Å². The van der Waals surface area contributed by atoms with E-state index >= 15 is 0 Å². The molecule has 0 heterocycles. The summed E-state index contributed by atoms with van der Waals surface area (Å²) in [6.07, 6.45) is 13.3. The molecule has 0 bridgehead atoms. The van der Waals surface area contributed by atoms with Crippen molar-refractivity contribution < 1.29 is 10.2 Å². The van der Waals surface area contributed by atoms with Crippen LogP contribution in [0, 0.1) is 34.5 Å². The summed E-state index contributed by atoms with van der Waals surface area (Å²) in [7, 11) is 0. The summed E-state index contributed by atoms with van der Waals surface area (Å²) in [6.45, 7) is 4.74. The lowest BCUT2D eigenvalue weighted by Crippen LogP contribution is -2.52.